The molecule has 3 heterocycles. The molecular weight excluding hydrogens is 430 g/mol. The molecule has 0 aliphatic heterocycles. The van der Waals surface area contributed by atoms with E-state index in [1.54, 1.807) is 33.7 Å². The number of rotatable bonds is 6. The van der Waals surface area contributed by atoms with Crippen molar-refractivity contribution >= 4 is 54.9 Å². The maximum atomic E-state index is 13.4. The molecule has 0 N–H and O–H groups in total. The van der Waals surface area contributed by atoms with Crippen molar-refractivity contribution in [1.82, 2.24) is 14.5 Å². The second-order valence-corrected chi connectivity index (χ2v) is 9.57. The minimum absolute atomic E-state index is 0.0215. The van der Waals surface area contributed by atoms with Crippen molar-refractivity contribution in [2.75, 3.05) is 0 Å². The van der Waals surface area contributed by atoms with Crippen LogP contribution in [0.25, 0.3) is 31.6 Å². The van der Waals surface area contributed by atoms with Gasteiger partial charge in [-0.25, -0.2) is 9.97 Å². The Hall–Kier alpha value is -2.74. The average Bonchev–Trinajstić information content (AvgIpc) is 3.39. The molecule has 148 valence electrons. The van der Waals surface area contributed by atoms with E-state index in [0.717, 1.165) is 26.5 Å². The van der Waals surface area contributed by atoms with Crippen molar-refractivity contribution in [3.63, 3.8) is 0 Å². The Morgan fingerprint density at radius 3 is 2.67 bits per heavy atom. The molecular formula is C23H17N3OS3. The number of thiophene rings is 1. The minimum Gasteiger partial charge on any atom is -0.283 e. The molecule has 0 aliphatic carbocycles. The number of fused-ring (bicyclic) bond motifs is 2. The number of thioether (sulfide) groups is 1. The molecule has 0 radical (unpaired) electrons. The summed E-state index contributed by atoms with van der Waals surface area (Å²) in [6.45, 7) is 4.25. The lowest BCUT2D eigenvalue weighted by atomic mass is 10.1. The fourth-order valence-electron chi connectivity index (χ4n) is 3.34. The van der Waals surface area contributed by atoms with Gasteiger partial charge < -0.3 is 0 Å². The smallest absolute Gasteiger partial charge is 0.263 e. The Morgan fingerprint density at radius 1 is 1.07 bits per heavy atom. The summed E-state index contributed by atoms with van der Waals surface area (Å²) >= 11 is 4.74. The number of benzene rings is 2. The molecule has 0 aliphatic rings. The van der Waals surface area contributed by atoms with Crippen LogP contribution in [0, 0.1) is 0 Å². The van der Waals surface area contributed by atoms with Crippen molar-refractivity contribution in [3.05, 3.63) is 88.0 Å². The van der Waals surface area contributed by atoms with Crippen LogP contribution in [0.2, 0.25) is 0 Å². The highest BCUT2D eigenvalue weighted by atomic mass is 32.2. The van der Waals surface area contributed by atoms with Gasteiger partial charge in [-0.05, 0) is 17.7 Å². The second-order valence-electron chi connectivity index (χ2n) is 6.66. The zero-order valence-electron chi connectivity index (χ0n) is 15.9. The highest BCUT2D eigenvalue weighted by molar-refractivity contribution is 7.98. The van der Waals surface area contributed by atoms with Crippen molar-refractivity contribution < 1.29 is 0 Å². The predicted molar refractivity (Wildman–Crippen MR) is 129 cm³/mol. The van der Waals surface area contributed by atoms with E-state index in [4.69, 9.17) is 9.97 Å². The van der Waals surface area contributed by atoms with Gasteiger partial charge in [0.2, 0.25) is 0 Å². The van der Waals surface area contributed by atoms with Gasteiger partial charge in [0.05, 0.1) is 21.4 Å². The quantitative estimate of drug-likeness (QED) is 0.176. The first-order valence-corrected chi connectivity index (χ1v) is 12.1. The van der Waals surface area contributed by atoms with E-state index in [-0.39, 0.29) is 5.56 Å². The Morgan fingerprint density at radius 2 is 1.87 bits per heavy atom. The van der Waals surface area contributed by atoms with Crippen LogP contribution in [0.15, 0.2) is 82.6 Å². The van der Waals surface area contributed by atoms with Crippen LogP contribution in [0.1, 0.15) is 5.01 Å². The summed E-state index contributed by atoms with van der Waals surface area (Å²) in [6, 6.07) is 18.1. The molecule has 2 aromatic carbocycles. The molecule has 0 saturated heterocycles. The first-order valence-electron chi connectivity index (χ1n) is 9.40. The summed E-state index contributed by atoms with van der Waals surface area (Å²) in [5, 5.41) is 4.43. The maximum Gasteiger partial charge on any atom is 0.263 e. The minimum atomic E-state index is -0.0215. The van der Waals surface area contributed by atoms with E-state index in [2.05, 4.69) is 12.6 Å². The lowest BCUT2D eigenvalue weighted by Crippen LogP contribution is -2.22. The first kappa shape index (κ1) is 19.2. The van der Waals surface area contributed by atoms with Crippen molar-refractivity contribution in [3.8, 4) is 11.1 Å². The SMILES string of the molecule is C=CCn1c(SCc2nc3ccccc3s2)nc2scc(-c3ccccc3)c2c1=O. The molecule has 7 heteroatoms. The maximum absolute atomic E-state index is 13.4. The van der Waals surface area contributed by atoms with Gasteiger partial charge in [-0.3, -0.25) is 9.36 Å². The second kappa shape index (κ2) is 8.18. The number of para-hydroxylation sites is 1. The van der Waals surface area contributed by atoms with Crippen LogP contribution in [-0.2, 0) is 12.3 Å². The van der Waals surface area contributed by atoms with Crippen LogP contribution in [0.5, 0.6) is 0 Å². The largest absolute Gasteiger partial charge is 0.283 e. The van der Waals surface area contributed by atoms with Gasteiger partial charge in [0.15, 0.2) is 5.16 Å². The Labute approximate surface area is 185 Å². The van der Waals surface area contributed by atoms with Crippen LogP contribution >= 0.6 is 34.4 Å². The molecule has 3 aromatic heterocycles. The predicted octanol–water partition coefficient (Wildman–Crippen LogP) is 6.21. The average molecular weight is 448 g/mol. The number of aromatic nitrogens is 3. The van der Waals surface area contributed by atoms with Gasteiger partial charge in [-0.2, -0.15) is 0 Å². The Bertz CT molecular complexity index is 1380. The fraction of sp³-hybridized carbons (Fsp3) is 0.0870. The van der Waals surface area contributed by atoms with Crippen LogP contribution in [-0.4, -0.2) is 14.5 Å². The van der Waals surface area contributed by atoms with Crippen LogP contribution in [0.3, 0.4) is 0 Å². The van der Waals surface area contributed by atoms with Crippen LogP contribution in [0.4, 0.5) is 0 Å². The molecule has 0 fully saturated rings. The molecule has 5 aromatic rings. The molecule has 0 unspecified atom stereocenters. The number of thiazole rings is 1. The fourth-order valence-corrected chi connectivity index (χ4v) is 6.30. The third kappa shape index (κ3) is 3.49. The van der Waals surface area contributed by atoms with Gasteiger partial charge in [0.1, 0.15) is 9.84 Å². The Balaban J connectivity index is 1.55. The van der Waals surface area contributed by atoms with Gasteiger partial charge in [-0.15, -0.1) is 29.3 Å². The zero-order valence-corrected chi connectivity index (χ0v) is 18.4. The van der Waals surface area contributed by atoms with Gasteiger partial charge in [0.25, 0.3) is 5.56 Å². The summed E-state index contributed by atoms with van der Waals surface area (Å²) in [6.07, 6.45) is 1.74. The van der Waals surface area contributed by atoms with E-state index < -0.39 is 0 Å². The van der Waals surface area contributed by atoms with E-state index in [0.29, 0.717) is 22.8 Å². The monoisotopic (exact) mass is 447 g/mol. The molecule has 4 nitrogen and oxygen atoms in total. The third-order valence-corrected chi connectivity index (χ3v) is 7.80. The number of hydrogen-bond acceptors (Lipinski definition) is 6. The summed E-state index contributed by atoms with van der Waals surface area (Å²) in [7, 11) is 0. The summed E-state index contributed by atoms with van der Waals surface area (Å²) in [4.78, 5) is 23.7. The van der Waals surface area contributed by atoms with Crippen LogP contribution < -0.4 is 5.56 Å². The number of hydrogen-bond donors (Lipinski definition) is 0. The molecule has 30 heavy (non-hydrogen) atoms. The highest BCUT2D eigenvalue weighted by Crippen LogP contribution is 2.33. The Kier molecular flexibility index (Phi) is 5.25. The van der Waals surface area contributed by atoms with Crippen molar-refractivity contribution in [2.45, 2.75) is 17.5 Å². The lowest BCUT2D eigenvalue weighted by molar-refractivity contribution is 0.673. The highest BCUT2D eigenvalue weighted by Gasteiger charge is 2.17. The topological polar surface area (TPSA) is 47.8 Å². The first-order chi connectivity index (χ1) is 14.7. The van der Waals surface area contributed by atoms with E-state index in [1.807, 2.05) is 53.9 Å². The van der Waals surface area contributed by atoms with Crippen molar-refractivity contribution in [1.29, 1.82) is 0 Å². The zero-order chi connectivity index (χ0) is 20.5. The molecule has 5 rings (SSSR count). The molecule has 0 spiro atoms. The normalized spacial score (nSPS) is 11.3. The van der Waals surface area contributed by atoms with E-state index in [9.17, 15) is 4.79 Å². The molecule has 0 atom stereocenters. The number of allylic oxidation sites excluding steroid dienone is 1. The van der Waals surface area contributed by atoms with E-state index >= 15 is 0 Å². The molecule has 0 amide bonds. The van der Waals surface area contributed by atoms with E-state index in [1.165, 1.54) is 16.0 Å². The van der Waals surface area contributed by atoms with Gasteiger partial charge in [0, 0.05) is 17.5 Å². The summed E-state index contributed by atoms with van der Waals surface area (Å²) in [5.41, 5.74) is 2.96. The van der Waals surface area contributed by atoms with Gasteiger partial charge >= 0.3 is 0 Å². The molecule has 0 bridgehead atoms. The van der Waals surface area contributed by atoms with Gasteiger partial charge in [-0.1, -0.05) is 60.3 Å². The lowest BCUT2D eigenvalue weighted by Gasteiger charge is -2.10. The third-order valence-electron chi connectivity index (χ3n) is 4.72. The number of nitrogens with zero attached hydrogens (tertiary/aromatic N) is 3. The van der Waals surface area contributed by atoms with Crippen molar-refractivity contribution in [2.24, 2.45) is 0 Å². The standard InChI is InChI=1S/C23H17N3OS3/c1-2-12-26-22(27)20-16(15-8-4-3-5-9-15)13-28-21(20)25-23(26)29-14-19-24-17-10-6-7-11-18(17)30-19/h2-11,13H,1,12,14H2. The summed E-state index contributed by atoms with van der Waals surface area (Å²) in [5.74, 6) is 0.672. The molecule has 0 saturated carbocycles. The summed E-state index contributed by atoms with van der Waals surface area (Å²) < 4.78 is 2.89.